The van der Waals surface area contributed by atoms with Gasteiger partial charge in [-0.05, 0) is 17.5 Å². The predicted molar refractivity (Wildman–Crippen MR) is 66.5 cm³/mol. The van der Waals surface area contributed by atoms with Gasteiger partial charge in [-0.2, -0.15) is 4.98 Å². The van der Waals surface area contributed by atoms with Gasteiger partial charge in [0.15, 0.2) is 0 Å². The highest BCUT2D eigenvalue weighted by Crippen LogP contribution is 2.34. The van der Waals surface area contributed by atoms with Crippen molar-refractivity contribution in [1.29, 1.82) is 0 Å². The first-order chi connectivity index (χ1) is 7.61. The maximum atomic E-state index is 4.98. The molecular weight excluding hydrogens is 220 g/mol. The zero-order valence-corrected chi connectivity index (χ0v) is 10.5. The normalized spacial score (nSPS) is 11.0. The molecule has 0 spiro atoms. The lowest BCUT2D eigenvalue weighted by molar-refractivity contribution is 0.394. The van der Waals surface area contributed by atoms with Crippen molar-refractivity contribution in [3.05, 3.63) is 29.0 Å². The Labute approximate surface area is 98.8 Å². The fraction of sp³-hybridized carbons (Fsp3) is 0.333. The molecule has 0 N–H and O–H groups in total. The van der Waals surface area contributed by atoms with Gasteiger partial charge in [-0.15, -0.1) is 11.3 Å². The van der Waals surface area contributed by atoms with Crippen molar-refractivity contribution in [2.45, 2.75) is 26.7 Å². The van der Waals surface area contributed by atoms with Gasteiger partial charge in [0, 0.05) is 11.8 Å². The average molecular weight is 234 g/mol. The zero-order valence-electron chi connectivity index (χ0n) is 9.65. The third-order valence-corrected chi connectivity index (χ3v) is 3.49. The number of hydrogen-bond acceptors (Lipinski definition) is 4. The van der Waals surface area contributed by atoms with E-state index in [1.165, 1.54) is 10.4 Å². The minimum atomic E-state index is 0.478. The Morgan fingerprint density at radius 1 is 1.50 bits per heavy atom. The molecule has 0 bridgehead atoms. The van der Waals surface area contributed by atoms with E-state index in [0.717, 1.165) is 4.88 Å². The maximum absolute atomic E-state index is 4.98. The molecule has 2 heterocycles. The van der Waals surface area contributed by atoms with E-state index in [-0.39, 0.29) is 0 Å². The average Bonchev–Trinajstić information content (AvgIpc) is 2.82. The van der Waals surface area contributed by atoms with Gasteiger partial charge in [0.2, 0.25) is 11.7 Å². The Morgan fingerprint density at radius 2 is 2.25 bits per heavy atom. The number of rotatable bonds is 3. The van der Waals surface area contributed by atoms with Gasteiger partial charge in [0.05, 0.1) is 4.88 Å². The molecule has 2 aromatic heterocycles. The molecule has 0 aromatic carbocycles. The zero-order chi connectivity index (χ0) is 11.7. The molecule has 0 saturated heterocycles. The van der Waals surface area contributed by atoms with E-state index in [2.05, 4.69) is 36.6 Å². The lowest BCUT2D eigenvalue weighted by Crippen LogP contribution is -1.85. The molecule has 16 heavy (non-hydrogen) atoms. The number of nitrogens with zero attached hydrogens (tertiary/aromatic N) is 2. The topological polar surface area (TPSA) is 38.9 Å². The largest absolute Gasteiger partial charge is 0.339 e. The first-order valence-electron chi connectivity index (χ1n) is 5.18. The van der Waals surface area contributed by atoms with Crippen LogP contribution < -0.4 is 0 Å². The van der Waals surface area contributed by atoms with E-state index in [1.807, 2.05) is 6.08 Å². The Morgan fingerprint density at radius 3 is 2.69 bits per heavy atom. The van der Waals surface area contributed by atoms with Gasteiger partial charge >= 0.3 is 0 Å². The maximum Gasteiger partial charge on any atom is 0.223 e. The first kappa shape index (κ1) is 11.1. The smallest absolute Gasteiger partial charge is 0.223 e. The summed E-state index contributed by atoms with van der Waals surface area (Å²) >= 11 is 1.65. The molecule has 0 aliphatic rings. The van der Waals surface area contributed by atoms with Crippen molar-refractivity contribution in [3.8, 4) is 10.7 Å². The van der Waals surface area contributed by atoms with Crippen LogP contribution in [0, 0.1) is 6.92 Å². The van der Waals surface area contributed by atoms with E-state index in [4.69, 9.17) is 4.52 Å². The van der Waals surface area contributed by atoms with Gasteiger partial charge in [-0.3, -0.25) is 0 Å². The summed E-state index contributed by atoms with van der Waals surface area (Å²) < 4.78 is 4.98. The lowest BCUT2D eigenvalue weighted by Gasteiger charge is -2.01. The number of aryl methyl sites for hydroxylation is 1. The number of hydrogen-bond donors (Lipinski definition) is 0. The number of aromatic nitrogens is 2. The SMILES string of the molecule is C=Cc1sc(-c2noc(C)n2)cc1C(C)C. The summed E-state index contributed by atoms with van der Waals surface area (Å²) in [5.41, 5.74) is 1.29. The van der Waals surface area contributed by atoms with Crippen LogP contribution in [0.15, 0.2) is 17.2 Å². The molecular formula is C12H14N2OS. The Balaban J connectivity index is 2.47. The van der Waals surface area contributed by atoms with Crippen LogP contribution in [-0.2, 0) is 0 Å². The van der Waals surface area contributed by atoms with Crippen LogP contribution in [0.3, 0.4) is 0 Å². The molecule has 0 aliphatic carbocycles. The van der Waals surface area contributed by atoms with E-state index in [9.17, 15) is 0 Å². The lowest BCUT2D eigenvalue weighted by atomic mass is 10.0. The van der Waals surface area contributed by atoms with Gasteiger partial charge in [0.25, 0.3) is 0 Å². The molecule has 84 valence electrons. The molecule has 2 rings (SSSR count). The second-order valence-electron chi connectivity index (χ2n) is 3.93. The third kappa shape index (κ3) is 1.93. The van der Waals surface area contributed by atoms with Crippen LogP contribution in [0.1, 0.15) is 36.1 Å². The third-order valence-electron chi connectivity index (χ3n) is 2.35. The van der Waals surface area contributed by atoms with Crippen molar-refractivity contribution in [3.63, 3.8) is 0 Å². The minimum Gasteiger partial charge on any atom is -0.339 e. The van der Waals surface area contributed by atoms with Crippen LogP contribution >= 0.6 is 11.3 Å². The molecule has 0 aliphatic heterocycles. The summed E-state index contributed by atoms with van der Waals surface area (Å²) in [7, 11) is 0. The highest BCUT2D eigenvalue weighted by atomic mass is 32.1. The molecule has 0 saturated carbocycles. The van der Waals surface area contributed by atoms with Crippen molar-refractivity contribution >= 4 is 17.4 Å². The Hall–Kier alpha value is -1.42. The van der Waals surface area contributed by atoms with E-state index in [0.29, 0.717) is 17.6 Å². The second-order valence-corrected chi connectivity index (χ2v) is 5.01. The molecule has 0 radical (unpaired) electrons. The molecule has 4 heteroatoms. The van der Waals surface area contributed by atoms with Gasteiger partial charge in [-0.1, -0.05) is 31.7 Å². The summed E-state index contributed by atoms with van der Waals surface area (Å²) in [6.45, 7) is 9.96. The van der Waals surface area contributed by atoms with Gasteiger partial charge in [-0.25, -0.2) is 0 Å². The van der Waals surface area contributed by atoms with Crippen molar-refractivity contribution < 1.29 is 4.52 Å². The Kier molecular flexibility index (Phi) is 2.92. The molecule has 0 atom stereocenters. The van der Waals surface area contributed by atoms with E-state index in [1.54, 1.807) is 18.3 Å². The van der Waals surface area contributed by atoms with Gasteiger partial charge < -0.3 is 4.52 Å². The fourth-order valence-electron chi connectivity index (χ4n) is 1.54. The summed E-state index contributed by atoms with van der Waals surface area (Å²) in [6.07, 6.45) is 1.89. The molecule has 0 unspecified atom stereocenters. The monoisotopic (exact) mass is 234 g/mol. The summed E-state index contributed by atoms with van der Waals surface area (Å²) in [5, 5.41) is 3.92. The van der Waals surface area contributed by atoms with Crippen LogP contribution in [-0.4, -0.2) is 10.1 Å². The van der Waals surface area contributed by atoms with Crippen LogP contribution in [0.4, 0.5) is 0 Å². The Bertz CT molecular complexity index is 511. The van der Waals surface area contributed by atoms with Crippen LogP contribution in [0.25, 0.3) is 16.8 Å². The quantitative estimate of drug-likeness (QED) is 0.809. The standard InChI is InChI=1S/C12H14N2OS/c1-5-10-9(7(2)3)6-11(16-10)12-13-8(4)15-14-12/h5-7H,1H2,2-4H3. The van der Waals surface area contributed by atoms with E-state index < -0.39 is 0 Å². The second kappa shape index (κ2) is 4.22. The summed E-state index contributed by atoms with van der Waals surface area (Å²) in [5.74, 6) is 1.73. The fourth-order valence-corrected chi connectivity index (χ4v) is 2.63. The molecule has 0 fully saturated rings. The summed E-state index contributed by atoms with van der Waals surface area (Å²) in [6, 6.07) is 2.12. The highest BCUT2D eigenvalue weighted by molar-refractivity contribution is 7.16. The first-order valence-corrected chi connectivity index (χ1v) is 6.00. The van der Waals surface area contributed by atoms with Crippen molar-refractivity contribution in [2.75, 3.05) is 0 Å². The minimum absolute atomic E-state index is 0.478. The van der Waals surface area contributed by atoms with Gasteiger partial charge in [0.1, 0.15) is 0 Å². The molecule has 3 nitrogen and oxygen atoms in total. The molecule has 2 aromatic rings. The van der Waals surface area contributed by atoms with Crippen LogP contribution in [0.5, 0.6) is 0 Å². The molecule has 0 amide bonds. The number of thiophene rings is 1. The highest BCUT2D eigenvalue weighted by Gasteiger charge is 2.14. The summed E-state index contributed by atoms with van der Waals surface area (Å²) in [4.78, 5) is 6.45. The van der Waals surface area contributed by atoms with Crippen molar-refractivity contribution in [2.24, 2.45) is 0 Å². The van der Waals surface area contributed by atoms with Crippen molar-refractivity contribution in [1.82, 2.24) is 10.1 Å². The van der Waals surface area contributed by atoms with Crippen LogP contribution in [0.2, 0.25) is 0 Å². The predicted octanol–water partition coefficient (Wildman–Crippen LogP) is 3.87. The van der Waals surface area contributed by atoms with E-state index >= 15 is 0 Å².